The molecule has 0 spiro atoms. The van der Waals surface area contributed by atoms with Crippen LogP contribution in [0.2, 0.25) is 0 Å². The molecule has 0 aromatic heterocycles. The van der Waals surface area contributed by atoms with E-state index in [2.05, 4.69) is 15.4 Å². The van der Waals surface area contributed by atoms with Crippen LogP contribution in [0.5, 0.6) is 11.5 Å². The second-order valence-electron chi connectivity index (χ2n) is 6.04. The number of rotatable bonds is 7. The minimum atomic E-state index is -3.83. The van der Waals surface area contributed by atoms with E-state index in [1.54, 1.807) is 30.3 Å². The van der Waals surface area contributed by atoms with Crippen molar-refractivity contribution >= 4 is 38.7 Å². The molecule has 3 rings (SSSR count). The Kier molecular flexibility index (Phi) is 5.71. The fraction of sp³-hybridized carbons (Fsp3) is 0.278. The fourth-order valence-corrected chi connectivity index (χ4v) is 3.83. The van der Waals surface area contributed by atoms with Gasteiger partial charge in [0.2, 0.25) is 0 Å². The molecule has 0 radical (unpaired) electrons. The molecule has 1 saturated carbocycles. The summed E-state index contributed by atoms with van der Waals surface area (Å²) in [5, 5.41) is 6.59. The van der Waals surface area contributed by atoms with Gasteiger partial charge < -0.3 is 20.1 Å². The third-order valence-corrected chi connectivity index (χ3v) is 5.58. The molecule has 27 heavy (non-hydrogen) atoms. The predicted molar refractivity (Wildman–Crippen MR) is 109 cm³/mol. The first kappa shape index (κ1) is 19.2. The van der Waals surface area contributed by atoms with E-state index < -0.39 is 10.0 Å². The van der Waals surface area contributed by atoms with Gasteiger partial charge in [-0.05, 0) is 55.4 Å². The van der Waals surface area contributed by atoms with Gasteiger partial charge in [0, 0.05) is 6.04 Å². The first-order valence-electron chi connectivity index (χ1n) is 8.34. The number of nitrogens with one attached hydrogen (secondary N) is 3. The number of para-hydroxylation sites is 2. The average Bonchev–Trinajstić information content (AvgIpc) is 3.45. The Morgan fingerprint density at radius 2 is 1.70 bits per heavy atom. The largest absolute Gasteiger partial charge is 0.495 e. The molecule has 144 valence electrons. The van der Waals surface area contributed by atoms with Crippen LogP contribution in [-0.4, -0.2) is 33.8 Å². The van der Waals surface area contributed by atoms with Gasteiger partial charge in [-0.3, -0.25) is 4.72 Å². The van der Waals surface area contributed by atoms with E-state index in [4.69, 9.17) is 21.7 Å². The molecular weight excluding hydrogens is 386 g/mol. The number of sulfonamides is 1. The van der Waals surface area contributed by atoms with Crippen molar-refractivity contribution in [3.8, 4) is 11.5 Å². The molecule has 7 nitrogen and oxygen atoms in total. The summed E-state index contributed by atoms with van der Waals surface area (Å²) >= 11 is 5.27. The van der Waals surface area contributed by atoms with Gasteiger partial charge in [0.15, 0.2) is 5.11 Å². The van der Waals surface area contributed by atoms with Crippen LogP contribution >= 0.6 is 12.2 Å². The van der Waals surface area contributed by atoms with Crippen LogP contribution in [0.25, 0.3) is 0 Å². The first-order valence-corrected chi connectivity index (χ1v) is 10.2. The fourth-order valence-electron chi connectivity index (χ4n) is 2.46. The maximum atomic E-state index is 12.8. The van der Waals surface area contributed by atoms with Crippen molar-refractivity contribution in [3.63, 3.8) is 0 Å². The highest BCUT2D eigenvalue weighted by Crippen LogP contribution is 2.31. The molecular formula is C18H21N3O4S2. The number of anilines is 2. The molecule has 2 aromatic carbocycles. The van der Waals surface area contributed by atoms with Crippen LogP contribution in [0, 0.1) is 0 Å². The Bertz CT molecular complexity index is 943. The minimum Gasteiger partial charge on any atom is -0.495 e. The highest BCUT2D eigenvalue weighted by Gasteiger charge is 2.23. The lowest BCUT2D eigenvalue weighted by Crippen LogP contribution is -2.30. The summed E-state index contributed by atoms with van der Waals surface area (Å²) in [5.74, 6) is 0.925. The van der Waals surface area contributed by atoms with Crippen LogP contribution < -0.4 is 24.8 Å². The maximum Gasteiger partial charge on any atom is 0.262 e. The minimum absolute atomic E-state index is 0.0749. The van der Waals surface area contributed by atoms with Gasteiger partial charge in [-0.25, -0.2) is 8.42 Å². The van der Waals surface area contributed by atoms with Gasteiger partial charge in [-0.2, -0.15) is 0 Å². The molecule has 0 bridgehead atoms. The van der Waals surface area contributed by atoms with Crippen LogP contribution in [-0.2, 0) is 10.0 Å². The van der Waals surface area contributed by atoms with Crippen LogP contribution in [0.15, 0.2) is 47.4 Å². The SMILES string of the molecule is COc1ccc(S(=O)(=O)Nc2ccccc2OC)cc1NC(=S)NC1CC1. The second-order valence-corrected chi connectivity index (χ2v) is 8.13. The lowest BCUT2D eigenvalue weighted by molar-refractivity contribution is 0.416. The Morgan fingerprint density at radius 1 is 1.04 bits per heavy atom. The number of methoxy groups -OCH3 is 2. The highest BCUT2D eigenvalue weighted by molar-refractivity contribution is 7.92. The Balaban J connectivity index is 1.86. The zero-order valence-electron chi connectivity index (χ0n) is 15.0. The van der Waals surface area contributed by atoms with E-state index in [9.17, 15) is 8.42 Å². The summed E-state index contributed by atoms with van der Waals surface area (Å²) in [7, 11) is -0.834. The summed E-state index contributed by atoms with van der Waals surface area (Å²) in [5.41, 5.74) is 0.829. The summed E-state index contributed by atoms with van der Waals surface area (Å²) in [6, 6.07) is 11.7. The summed E-state index contributed by atoms with van der Waals surface area (Å²) in [6.45, 7) is 0. The average molecular weight is 408 g/mol. The molecule has 1 aliphatic rings. The number of hydrogen-bond acceptors (Lipinski definition) is 5. The molecule has 9 heteroatoms. The van der Waals surface area contributed by atoms with E-state index in [1.807, 2.05) is 0 Å². The molecule has 0 heterocycles. The summed E-state index contributed by atoms with van der Waals surface area (Å²) in [6.07, 6.45) is 2.16. The highest BCUT2D eigenvalue weighted by atomic mass is 32.2. The number of ether oxygens (including phenoxy) is 2. The molecule has 0 amide bonds. The predicted octanol–water partition coefficient (Wildman–Crippen LogP) is 2.95. The van der Waals surface area contributed by atoms with Crippen molar-refractivity contribution in [2.45, 2.75) is 23.8 Å². The van der Waals surface area contributed by atoms with Crippen molar-refractivity contribution in [1.29, 1.82) is 0 Å². The lowest BCUT2D eigenvalue weighted by Gasteiger charge is -2.16. The van der Waals surface area contributed by atoms with Gasteiger partial charge in [0.25, 0.3) is 10.0 Å². The topological polar surface area (TPSA) is 88.7 Å². The van der Waals surface area contributed by atoms with Gasteiger partial charge in [0.05, 0.1) is 30.5 Å². The van der Waals surface area contributed by atoms with Gasteiger partial charge in [0.1, 0.15) is 11.5 Å². The molecule has 3 N–H and O–H groups in total. The quantitative estimate of drug-likeness (QED) is 0.608. The molecule has 0 saturated heterocycles. The Morgan fingerprint density at radius 3 is 2.37 bits per heavy atom. The van der Waals surface area contributed by atoms with Crippen LogP contribution in [0.1, 0.15) is 12.8 Å². The van der Waals surface area contributed by atoms with Crippen molar-refractivity contribution < 1.29 is 17.9 Å². The smallest absolute Gasteiger partial charge is 0.262 e. The molecule has 0 atom stereocenters. The monoisotopic (exact) mass is 407 g/mol. The zero-order valence-corrected chi connectivity index (χ0v) is 16.6. The normalized spacial score (nSPS) is 13.6. The number of benzene rings is 2. The second kappa shape index (κ2) is 8.01. The zero-order chi connectivity index (χ0) is 19.4. The molecule has 1 aliphatic carbocycles. The van der Waals surface area contributed by atoms with Crippen molar-refractivity contribution in [2.24, 2.45) is 0 Å². The van der Waals surface area contributed by atoms with E-state index in [0.717, 1.165) is 12.8 Å². The molecule has 0 unspecified atom stereocenters. The number of thiocarbonyl (C=S) groups is 1. The number of hydrogen-bond donors (Lipinski definition) is 3. The van der Waals surface area contributed by atoms with Crippen LogP contribution in [0.3, 0.4) is 0 Å². The summed E-state index contributed by atoms with van der Waals surface area (Å²) < 4.78 is 38.7. The Hall–Kier alpha value is -2.52. The van der Waals surface area contributed by atoms with E-state index in [1.165, 1.54) is 26.4 Å². The van der Waals surface area contributed by atoms with E-state index >= 15 is 0 Å². The van der Waals surface area contributed by atoms with Crippen LogP contribution in [0.4, 0.5) is 11.4 Å². The molecule has 1 fully saturated rings. The van der Waals surface area contributed by atoms with Crippen molar-refractivity contribution in [1.82, 2.24) is 5.32 Å². The molecule has 0 aliphatic heterocycles. The summed E-state index contributed by atoms with van der Waals surface area (Å²) in [4.78, 5) is 0.0749. The third kappa shape index (κ3) is 4.81. The maximum absolute atomic E-state index is 12.8. The van der Waals surface area contributed by atoms with Gasteiger partial charge in [-0.1, -0.05) is 12.1 Å². The van der Waals surface area contributed by atoms with E-state index in [0.29, 0.717) is 34.0 Å². The molecule has 2 aromatic rings. The van der Waals surface area contributed by atoms with Gasteiger partial charge >= 0.3 is 0 Å². The Labute approximate surface area is 164 Å². The van der Waals surface area contributed by atoms with E-state index in [-0.39, 0.29) is 4.90 Å². The standard InChI is InChI=1S/C18H21N3O4S2/c1-24-16-6-4-3-5-14(16)21-27(22,23)13-9-10-17(25-2)15(11-13)20-18(26)19-12-7-8-12/h3-6,9-12,21H,7-8H2,1-2H3,(H2,19,20,26). The third-order valence-electron chi connectivity index (χ3n) is 3.99. The lowest BCUT2D eigenvalue weighted by atomic mass is 10.3. The van der Waals surface area contributed by atoms with Gasteiger partial charge in [-0.15, -0.1) is 0 Å². The first-order chi connectivity index (χ1) is 12.9. The van der Waals surface area contributed by atoms with Crippen molar-refractivity contribution in [2.75, 3.05) is 24.3 Å². The van der Waals surface area contributed by atoms with Crippen molar-refractivity contribution in [3.05, 3.63) is 42.5 Å².